The summed E-state index contributed by atoms with van der Waals surface area (Å²) in [5.41, 5.74) is 2.59. The van der Waals surface area contributed by atoms with E-state index >= 15 is 0 Å². The Kier molecular flexibility index (Phi) is 5.00. The summed E-state index contributed by atoms with van der Waals surface area (Å²) in [6, 6.07) is 15.4. The second-order valence-electron chi connectivity index (χ2n) is 6.94. The predicted molar refractivity (Wildman–Crippen MR) is 106 cm³/mol. The average molecular weight is 390 g/mol. The van der Waals surface area contributed by atoms with Crippen LogP contribution in [0.4, 0.5) is 10.3 Å². The number of rotatable bonds is 3. The van der Waals surface area contributed by atoms with E-state index in [2.05, 4.69) is 11.1 Å². The predicted octanol–water partition coefficient (Wildman–Crippen LogP) is 3.62. The largest absolute Gasteiger partial charge is 0.419 e. The minimum Gasteiger partial charge on any atom is -0.419 e. The maximum absolute atomic E-state index is 13.1. The molecule has 1 aromatic heterocycles. The molecular formula is C22H19FN4O2. The second-order valence-corrected chi connectivity index (χ2v) is 6.94. The third-order valence-electron chi connectivity index (χ3n) is 4.93. The first-order valence-corrected chi connectivity index (χ1v) is 9.33. The van der Waals surface area contributed by atoms with E-state index in [1.165, 1.54) is 24.3 Å². The van der Waals surface area contributed by atoms with Crippen LogP contribution in [-0.4, -0.2) is 42.0 Å². The van der Waals surface area contributed by atoms with Crippen LogP contribution in [-0.2, 0) is 0 Å². The monoisotopic (exact) mass is 390 g/mol. The Morgan fingerprint density at radius 3 is 2.52 bits per heavy atom. The molecule has 4 rings (SSSR count). The Morgan fingerprint density at radius 2 is 1.86 bits per heavy atom. The maximum atomic E-state index is 13.1. The summed E-state index contributed by atoms with van der Waals surface area (Å²) in [6.07, 6.45) is 0. The molecule has 1 aliphatic heterocycles. The topological polar surface area (TPSA) is 73.4 Å². The van der Waals surface area contributed by atoms with Crippen LogP contribution in [0.15, 0.2) is 52.9 Å². The lowest BCUT2D eigenvalue weighted by Gasteiger charge is -2.34. The summed E-state index contributed by atoms with van der Waals surface area (Å²) < 4.78 is 19.0. The first kappa shape index (κ1) is 18.7. The highest BCUT2D eigenvalue weighted by molar-refractivity contribution is 5.94. The summed E-state index contributed by atoms with van der Waals surface area (Å²) in [5.74, 6) is 0.330. The van der Waals surface area contributed by atoms with E-state index in [4.69, 9.17) is 4.42 Å². The van der Waals surface area contributed by atoms with E-state index in [-0.39, 0.29) is 17.4 Å². The van der Waals surface area contributed by atoms with Crippen molar-refractivity contribution in [3.63, 3.8) is 0 Å². The molecule has 0 N–H and O–H groups in total. The van der Waals surface area contributed by atoms with E-state index in [9.17, 15) is 14.4 Å². The fourth-order valence-corrected chi connectivity index (χ4v) is 3.39. The first-order valence-electron chi connectivity index (χ1n) is 9.33. The van der Waals surface area contributed by atoms with Gasteiger partial charge in [0.2, 0.25) is 17.5 Å². The van der Waals surface area contributed by atoms with Crippen molar-refractivity contribution in [1.29, 1.82) is 5.26 Å². The molecule has 0 atom stereocenters. The van der Waals surface area contributed by atoms with Crippen molar-refractivity contribution in [1.82, 2.24) is 9.88 Å². The normalized spacial score (nSPS) is 14.0. The van der Waals surface area contributed by atoms with Gasteiger partial charge in [-0.15, -0.1) is 0 Å². The lowest BCUT2D eigenvalue weighted by molar-refractivity contribution is 0.0745. The zero-order chi connectivity index (χ0) is 20.4. The lowest BCUT2D eigenvalue weighted by atomic mass is 10.1. The molecule has 7 heteroatoms. The number of aryl methyl sites for hydroxylation is 1. The van der Waals surface area contributed by atoms with Gasteiger partial charge in [-0.2, -0.15) is 10.2 Å². The average Bonchev–Trinajstić information content (AvgIpc) is 3.18. The molecule has 0 spiro atoms. The van der Waals surface area contributed by atoms with Crippen LogP contribution in [0.3, 0.4) is 0 Å². The summed E-state index contributed by atoms with van der Waals surface area (Å²) in [7, 11) is 0. The van der Waals surface area contributed by atoms with Crippen LogP contribution in [0.1, 0.15) is 21.6 Å². The minimum absolute atomic E-state index is 0.136. The van der Waals surface area contributed by atoms with Crippen LogP contribution in [0.5, 0.6) is 0 Å². The lowest BCUT2D eigenvalue weighted by Crippen LogP contribution is -2.48. The van der Waals surface area contributed by atoms with Gasteiger partial charge in [0.25, 0.3) is 5.91 Å². The van der Waals surface area contributed by atoms with Crippen molar-refractivity contribution in [3.05, 3.63) is 71.2 Å². The van der Waals surface area contributed by atoms with Crippen LogP contribution in [0.2, 0.25) is 0 Å². The quantitative estimate of drug-likeness (QED) is 0.683. The maximum Gasteiger partial charge on any atom is 0.253 e. The molecule has 1 saturated heterocycles. The number of hydrogen-bond donors (Lipinski definition) is 0. The number of carbonyl (C=O) groups is 1. The molecular weight excluding hydrogens is 371 g/mol. The molecule has 0 unspecified atom stereocenters. The van der Waals surface area contributed by atoms with E-state index in [1.807, 2.05) is 36.1 Å². The third kappa shape index (κ3) is 3.83. The Bertz CT molecular complexity index is 1080. The minimum atomic E-state index is -0.370. The number of benzene rings is 2. The highest BCUT2D eigenvalue weighted by atomic mass is 19.1. The zero-order valence-electron chi connectivity index (χ0n) is 15.9. The smallest absolute Gasteiger partial charge is 0.253 e. The van der Waals surface area contributed by atoms with Gasteiger partial charge in [0.05, 0.1) is 0 Å². The number of amides is 1. The molecule has 3 aromatic rings. The number of aromatic nitrogens is 1. The van der Waals surface area contributed by atoms with Crippen molar-refractivity contribution >= 4 is 11.8 Å². The van der Waals surface area contributed by atoms with Gasteiger partial charge in [0, 0.05) is 37.3 Å². The number of anilines is 1. The van der Waals surface area contributed by atoms with Gasteiger partial charge in [-0.25, -0.2) is 4.39 Å². The van der Waals surface area contributed by atoms with Crippen molar-refractivity contribution in [2.75, 3.05) is 31.1 Å². The van der Waals surface area contributed by atoms with Gasteiger partial charge in [0.1, 0.15) is 11.9 Å². The van der Waals surface area contributed by atoms with Gasteiger partial charge in [-0.1, -0.05) is 17.7 Å². The molecule has 0 bridgehead atoms. The van der Waals surface area contributed by atoms with Gasteiger partial charge < -0.3 is 14.2 Å². The number of piperazine rings is 1. The number of oxazole rings is 1. The second kappa shape index (κ2) is 7.76. The van der Waals surface area contributed by atoms with Crippen LogP contribution in [0.25, 0.3) is 11.5 Å². The fraction of sp³-hybridized carbons (Fsp3) is 0.227. The van der Waals surface area contributed by atoms with E-state index in [0.29, 0.717) is 43.5 Å². The number of nitriles is 1. The van der Waals surface area contributed by atoms with Crippen molar-refractivity contribution in [2.45, 2.75) is 6.92 Å². The Hall–Kier alpha value is -3.66. The molecule has 6 nitrogen and oxygen atoms in total. The van der Waals surface area contributed by atoms with Gasteiger partial charge in [-0.3, -0.25) is 4.79 Å². The SMILES string of the molecule is Cc1cccc(-c2nc(C#N)c(N3CCN(C(=O)c4ccc(F)cc4)CC3)o2)c1. The highest BCUT2D eigenvalue weighted by Gasteiger charge is 2.27. The van der Waals surface area contributed by atoms with Crippen molar-refractivity contribution in [2.24, 2.45) is 0 Å². The zero-order valence-corrected chi connectivity index (χ0v) is 15.9. The number of carbonyl (C=O) groups excluding carboxylic acids is 1. The molecule has 0 aliphatic carbocycles. The molecule has 1 aliphatic rings. The third-order valence-corrected chi connectivity index (χ3v) is 4.93. The number of halogens is 1. The number of hydrogen-bond acceptors (Lipinski definition) is 5. The first-order chi connectivity index (χ1) is 14.0. The Labute approximate surface area is 167 Å². The van der Waals surface area contributed by atoms with E-state index in [1.54, 1.807) is 4.90 Å². The number of nitrogens with zero attached hydrogens (tertiary/aromatic N) is 4. The van der Waals surface area contributed by atoms with Gasteiger partial charge >= 0.3 is 0 Å². The molecule has 2 aromatic carbocycles. The summed E-state index contributed by atoms with van der Waals surface area (Å²) in [5, 5.41) is 9.48. The van der Waals surface area contributed by atoms with Crippen LogP contribution >= 0.6 is 0 Å². The fourth-order valence-electron chi connectivity index (χ4n) is 3.39. The molecule has 2 heterocycles. The van der Waals surface area contributed by atoms with Crippen LogP contribution < -0.4 is 4.90 Å². The molecule has 0 radical (unpaired) electrons. The van der Waals surface area contributed by atoms with Crippen molar-refractivity contribution in [3.8, 4) is 17.5 Å². The summed E-state index contributed by atoms with van der Waals surface area (Å²) in [6.45, 7) is 3.97. The molecule has 146 valence electrons. The van der Waals surface area contributed by atoms with Crippen molar-refractivity contribution < 1.29 is 13.6 Å². The molecule has 1 amide bonds. The molecule has 29 heavy (non-hydrogen) atoms. The standard InChI is InChI=1S/C22H19FN4O2/c1-15-3-2-4-17(13-15)20-25-19(14-24)22(29-20)27-11-9-26(10-12-27)21(28)16-5-7-18(23)8-6-16/h2-8,13H,9-12H2,1H3. The van der Waals surface area contributed by atoms with Gasteiger partial charge in [-0.05, 0) is 43.3 Å². The Morgan fingerprint density at radius 1 is 1.14 bits per heavy atom. The summed E-state index contributed by atoms with van der Waals surface area (Å²) >= 11 is 0. The molecule has 0 saturated carbocycles. The van der Waals surface area contributed by atoms with Crippen LogP contribution in [0, 0.1) is 24.1 Å². The Balaban J connectivity index is 1.49. The highest BCUT2D eigenvalue weighted by Crippen LogP contribution is 2.29. The van der Waals surface area contributed by atoms with Gasteiger partial charge in [0.15, 0.2) is 0 Å². The van der Waals surface area contributed by atoms with E-state index < -0.39 is 0 Å². The molecule has 1 fully saturated rings. The van der Waals surface area contributed by atoms with E-state index in [0.717, 1.165) is 11.1 Å². The summed E-state index contributed by atoms with van der Waals surface area (Å²) in [4.78, 5) is 20.6.